The zero-order valence-corrected chi connectivity index (χ0v) is 14.4. The highest BCUT2D eigenvalue weighted by molar-refractivity contribution is 5.76. The van der Waals surface area contributed by atoms with E-state index in [-0.39, 0.29) is 0 Å². The molecule has 4 rings (SSSR count). The molecule has 0 radical (unpaired) electrons. The van der Waals surface area contributed by atoms with Crippen LogP contribution in [-0.4, -0.2) is 38.4 Å². The summed E-state index contributed by atoms with van der Waals surface area (Å²) in [7, 11) is 0. The third-order valence-corrected chi connectivity index (χ3v) is 5.59. The lowest BCUT2D eigenvalue weighted by atomic mass is 9.84. The number of carbonyl (C=O) groups excluding carboxylic acids is 1. The average Bonchev–Trinajstić information content (AvgIpc) is 2.92. The lowest BCUT2D eigenvalue weighted by Gasteiger charge is -2.35. The van der Waals surface area contributed by atoms with E-state index in [0.29, 0.717) is 24.3 Å². The quantitative estimate of drug-likeness (QED) is 0.861. The monoisotopic (exact) mass is 326 g/mol. The molecule has 0 aromatic carbocycles. The Morgan fingerprint density at radius 2 is 2.04 bits per heavy atom. The number of hydrogen-bond acceptors (Lipinski definition) is 3. The van der Waals surface area contributed by atoms with Crippen LogP contribution in [0.5, 0.6) is 0 Å². The number of imidazole rings is 1. The van der Waals surface area contributed by atoms with Gasteiger partial charge < -0.3 is 9.47 Å². The fourth-order valence-corrected chi connectivity index (χ4v) is 4.01. The molecule has 5 nitrogen and oxygen atoms in total. The van der Waals surface area contributed by atoms with E-state index in [1.807, 2.05) is 17.2 Å². The maximum Gasteiger partial charge on any atom is 0.222 e. The molecule has 24 heavy (non-hydrogen) atoms. The topological polar surface area (TPSA) is 51.0 Å². The number of rotatable bonds is 4. The summed E-state index contributed by atoms with van der Waals surface area (Å²) in [6.07, 6.45) is 9.30. The molecule has 1 saturated heterocycles. The number of hydrogen-bond donors (Lipinski definition) is 0. The van der Waals surface area contributed by atoms with Crippen molar-refractivity contribution in [2.45, 2.75) is 63.8 Å². The fourth-order valence-electron chi connectivity index (χ4n) is 4.01. The zero-order chi connectivity index (χ0) is 16.5. The van der Waals surface area contributed by atoms with Gasteiger partial charge in [-0.15, -0.1) is 0 Å². The minimum absolute atomic E-state index is 0.309. The Balaban J connectivity index is 1.59. The van der Waals surface area contributed by atoms with E-state index in [1.54, 1.807) is 0 Å². The fraction of sp³-hybridized carbons (Fsp3) is 0.632. The second-order valence-corrected chi connectivity index (χ2v) is 7.18. The van der Waals surface area contributed by atoms with E-state index in [0.717, 1.165) is 43.5 Å². The van der Waals surface area contributed by atoms with Gasteiger partial charge in [-0.3, -0.25) is 4.79 Å². The molecule has 0 unspecified atom stereocenters. The number of piperidine rings is 1. The van der Waals surface area contributed by atoms with Crippen molar-refractivity contribution in [1.29, 1.82) is 0 Å². The van der Waals surface area contributed by atoms with Crippen LogP contribution in [0.3, 0.4) is 0 Å². The predicted molar refractivity (Wildman–Crippen MR) is 93.9 cm³/mol. The van der Waals surface area contributed by atoms with Crippen molar-refractivity contribution in [2.24, 2.45) is 0 Å². The summed E-state index contributed by atoms with van der Waals surface area (Å²) in [4.78, 5) is 23.7. The minimum atomic E-state index is 0.309. The van der Waals surface area contributed by atoms with Crippen LogP contribution in [0, 0.1) is 0 Å². The van der Waals surface area contributed by atoms with Crippen molar-refractivity contribution in [3.05, 3.63) is 24.2 Å². The van der Waals surface area contributed by atoms with Gasteiger partial charge >= 0.3 is 0 Å². The highest BCUT2D eigenvalue weighted by atomic mass is 16.2. The first-order chi connectivity index (χ1) is 11.8. The molecule has 1 saturated carbocycles. The van der Waals surface area contributed by atoms with Crippen LogP contribution in [0.1, 0.15) is 69.7 Å². The number of fused-ring (bicyclic) bond motifs is 1. The Kier molecular flexibility index (Phi) is 4.25. The number of nitrogens with zero attached hydrogens (tertiary/aromatic N) is 4. The summed E-state index contributed by atoms with van der Waals surface area (Å²) in [5.41, 5.74) is 2.04. The molecule has 1 aliphatic heterocycles. The first kappa shape index (κ1) is 15.6. The molecule has 0 bridgehead atoms. The third kappa shape index (κ3) is 2.70. The van der Waals surface area contributed by atoms with Gasteiger partial charge in [0.05, 0.1) is 0 Å². The number of amides is 1. The maximum absolute atomic E-state index is 12.1. The summed E-state index contributed by atoms with van der Waals surface area (Å²) in [6.45, 7) is 3.79. The van der Waals surface area contributed by atoms with Gasteiger partial charge in [-0.25, -0.2) is 9.97 Å². The van der Waals surface area contributed by atoms with E-state index in [2.05, 4.69) is 22.5 Å². The van der Waals surface area contributed by atoms with Gasteiger partial charge in [-0.2, -0.15) is 0 Å². The largest absolute Gasteiger partial charge is 0.343 e. The zero-order valence-electron chi connectivity index (χ0n) is 14.4. The van der Waals surface area contributed by atoms with Gasteiger partial charge in [0.2, 0.25) is 5.91 Å². The summed E-state index contributed by atoms with van der Waals surface area (Å²) in [5, 5.41) is 0. The van der Waals surface area contributed by atoms with Gasteiger partial charge in [-0.1, -0.05) is 13.3 Å². The Hall–Kier alpha value is -1.91. The van der Waals surface area contributed by atoms with Crippen molar-refractivity contribution in [1.82, 2.24) is 19.4 Å². The third-order valence-electron chi connectivity index (χ3n) is 5.59. The summed E-state index contributed by atoms with van der Waals surface area (Å²) >= 11 is 0. The van der Waals surface area contributed by atoms with Crippen LogP contribution < -0.4 is 0 Å². The number of carbonyl (C=O) groups is 1. The molecule has 0 atom stereocenters. The van der Waals surface area contributed by atoms with E-state index < -0.39 is 0 Å². The van der Waals surface area contributed by atoms with Crippen molar-refractivity contribution in [3.8, 4) is 0 Å². The molecule has 1 amide bonds. The SMILES string of the molecule is CCCC(=O)N1CCC(n2c(C3CCC3)nc3cccnc32)CC1. The Bertz CT molecular complexity index is 726. The van der Waals surface area contributed by atoms with Crippen molar-refractivity contribution in [3.63, 3.8) is 0 Å². The van der Waals surface area contributed by atoms with Crippen LogP contribution in [0.2, 0.25) is 0 Å². The summed E-state index contributed by atoms with van der Waals surface area (Å²) in [5.74, 6) is 2.14. The number of likely N-dealkylation sites (tertiary alicyclic amines) is 1. The molecule has 5 heteroatoms. The number of pyridine rings is 1. The molecular weight excluding hydrogens is 300 g/mol. The molecule has 2 aromatic rings. The van der Waals surface area contributed by atoms with Gasteiger partial charge in [-0.05, 0) is 44.2 Å². The molecular formula is C19H26N4O. The summed E-state index contributed by atoms with van der Waals surface area (Å²) < 4.78 is 2.40. The Labute approximate surface area is 143 Å². The highest BCUT2D eigenvalue weighted by Crippen LogP contribution is 2.39. The molecule has 1 aliphatic carbocycles. The van der Waals surface area contributed by atoms with E-state index >= 15 is 0 Å². The first-order valence-electron chi connectivity index (χ1n) is 9.38. The van der Waals surface area contributed by atoms with Gasteiger partial charge in [0.25, 0.3) is 0 Å². The standard InChI is InChI=1S/C19H26N4O/c1-2-5-17(24)22-12-9-15(10-13-22)23-18(14-6-3-7-14)21-16-8-4-11-20-19(16)23/h4,8,11,14-15H,2-3,5-7,9-10,12-13H2,1H3. The van der Waals surface area contributed by atoms with Crippen molar-refractivity contribution in [2.75, 3.05) is 13.1 Å². The second kappa shape index (κ2) is 6.54. The first-order valence-corrected chi connectivity index (χ1v) is 9.38. The predicted octanol–water partition coefficient (Wildman–Crippen LogP) is 3.66. The van der Waals surface area contributed by atoms with Gasteiger partial charge in [0, 0.05) is 37.7 Å². The van der Waals surface area contributed by atoms with Crippen LogP contribution in [-0.2, 0) is 4.79 Å². The van der Waals surface area contributed by atoms with Crippen LogP contribution in [0.4, 0.5) is 0 Å². The van der Waals surface area contributed by atoms with Gasteiger partial charge in [0.15, 0.2) is 5.65 Å². The highest BCUT2D eigenvalue weighted by Gasteiger charge is 2.31. The molecule has 2 fully saturated rings. The van der Waals surface area contributed by atoms with Crippen molar-refractivity contribution < 1.29 is 4.79 Å². The summed E-state index contributed by atoms with van der Waals surface area (Å²) in [6, 6.07) is 4.46. The van der Waals surface area contributed by atoms with E-state index in [9.17, 15) is 4.79 Å². The Morgan fingerprint density at radius 1 is 1.25 bits per heavy atom. The smallest absolute Gasteiger partial charge is 0.222 e. The number of aromatic nitrogens is 3. The second-order valence-electron chi connectivity index (χ2n) is 7.18. The lowest BCUT2D eigenvalue weighted by molar-refractivity contribution is -0.132. The normalized spacial score (nSPS) is 19.6. The van der Waals surface area contributed by atoms with Crippen LogP contribution in [0.25, 0.3) is 11.2 Å². The average molecular weight is 326 g/mol. The van der Waals surface area contributed by atoms with E-state index in [4.69, 9.17) is 4.98 Å². The molecule has 128 valence electrons. The Morgan fingerprint density at radius 3 is 2.71 bits per heavy atom. The minimum Gasteiger partial charge on any atom is -0.343 e. The molecule has 3 heterocycles. The maximum atomic E-state index is 12.1. The molecule has 2 aromatic heterocycles. The molecule has 0 spiro atoms. The van der Waals surface area contributed by atoms with Gasteiger partial charge in [0.1, 0.15) is 11.3 Å². The van der Waals surface area contributed by atoms with Crippen LogP contribution >= 0.6 is 0 Å². The van der Waals surface area contributed by atoms with E-state index in [1.165, 1.54) is 25.1 Å². The van der Waals surface area contributed by atoms with Crippen molar-refractivity contribution >= 4 is 17.1 Å². The molecule has 0 N–H and O–H groups in total. The van der Waals surface area contributed by atoms with Crippen LogP contribution in [0.15, 0.2) is 18.3 Å². The molecule has 2 aliphatic rings. The lowest BCUT2D eigenvalue weighted by Crippen LogP contribution is -2.39.